The van der Waals surface area contributed by atoms with Crippen molar-refractivity contribution >= 4 is 23.5 Å². The molecule has 0 spiro atoms. The maximum atomic E-state index is 12.3. The van der Waals surface area contributed by atoms with Crippen LogP contribution in [-0.2, 0) is 41.5 Å². The van der Waals surface area contributed by atoms with Crippen molar-refractivity contribution in [3.8, 4) is 11.5 Å². The van der Waals surface area contributed by atoms with Gasteiger partial charge in [-0.2, -0.15) is 0 Å². The van der Waals surface area contributed by atoms with Gasteiger partial charge in [0.25, 0.3) is 0 Å². The first-order chi connectivity index (χ1) is 17.0. The predicted molar refractivity (Wildman–Crippen MR) is 130 cm³/mol. The molecule has 0 fully saturated rings. The lowest BCUT2D eigenvalue weighted by molar-refractivity contribution is -0.157. The van der Waals surface area contributed by atoms with Crippen LogP contribution in [0.5, 0.6) is 11.5 Å². The summed E-state index contributed by atoms with van der Waals surface area (Å²) in [5.74, 6) is -2.30. The maximum Gasteiger partial charge on any atom is 0.323 e. The fraction of sp³-hybridized carbons (Fsp3) is 0.385. The minimum atomic E-state index is -1.10. The standard InChI is InChI=1S/C26H32N2O8/c1-15(35-25(33)21(27)13-17-3-7-19(29)8-4-17)23(31)11-12-24(32)16(2)36-26(34)22(28)14-18-5-9-20(30)10-6-18/h3-10,15-16,21-22,29-30H,11-14,27-28H2,1-2H3. The molecule has 36 heavy (non-hydrogen) atoms. The van der Waals surface area contributed by atoms with Crippen LogP contribution >= 0.6 is 0 Å². The summed E-state index contributed by atoms with van der Waals surface area (Å²) in [5.41, 5.74) is 13.1. The van der Waals surface area contributed by atoms with Gasteiger partial charge in [-0.05, 0) is 62.1 Å². The summed E-state index contributed by atoms with van der Waals surface area (Å²) in [6.45, 7) is 2.79. The third-order valence-corrected chi connectivity index (χ3v) is 5.50. The molecule has 4 unspecified atom stereocenters. The molecule has 0 aliphatic heterocycles. The summed E-state index contributed by atoms with van der Waals surface area (Å²) in [5, 5.41) is 18.6. The molecule has 0 saturated carbocycles. The number of Topliss-reactive ketones (excluding diaryl/α,β-unsaturated/α-hetero) is 2. The van der Waals surface area contributed by atoms with Crippen molar-refractivity contribution in [1.29, 1.82) is 0 Å². The van der Waals surface area contributed by atoms with Crippen molar-refractivity contribution in [3.63, 3.8) is 0 Å². The van der Waals surface area contributed by atoms with Crippen molar-refractivity contribution < 1.29 is 38.9 Å². The zero-order valence-corrected chi connectivity index (χ0v) is 20.3. The number of carbonyl (C=O) groups is 4. The molecule has 2 aromatic rings. The molecular weight excluding hydrogens is 468 g/mol. The van der Waals surface area contributed by atoms with E-state index >= 15 is 0 Å². The molecular formula is C26H32N2O8. The molecule has 194 valence electrons. The van der Waals surface area contributed by atoms with Gasteiger partial charge in [-0.1, -0.05) is 24.3 Å². The van der Waals surface area contributed by atoms with Gasteiger partial charge in [0.1, 0.15) is 23.6 Å². The molecule has 2 rings (SSSR count). The Bertz CT molecular complexity index is 967. The summed E-state index contributed by atoms with van der Waals surface area (Å²) < 4.78 is 10.3. The van der Waals surface area contributed by atoms with Gasteiger partial charge in [-0.3, -0.25) is 19.2 Å². The van der Waals surface area contributed by atoms with Gasteiger partial charge < -0.3 is 31.2 Å². The third kappa shape index (κ3) is 9.12. The van der Waals surface area contributed by atoms with Crippen LogP contribution in [0.3, 0.4) is 0 Å². The molecule has 0 aromatic heterocycles. The SMILES string of the molecule is CC(OC(=O)C(N)Cc1ccc(O)cc1)C(=O)CCC(=O)C(C)OC(=O)C(N)Cc1ccc(O)cc1. The molecule has 10 nitrogen and oxygen atoms in total. The average Bonchev–Trinajstić information content (AvgIpc) is 2.84. The maximum absolute atomic E-state index is 12.3. The van der Waals surface area contributed by atoms with Crippen LogP contribution in [0.1, 0.15) is 37.8 Å². The smallest absolute Gasteiger partial charge is 0.323 e. The zero-order chi connectivity index (χ0) is 26.8. The second-order valence-electron chi connectivity index (χ2n) is 8.54. The number of esters is 2. The minimum absolute atomic E-state index is 0.0877. The molecule has 0 bridgehead atoms. The van der Waals surface area contributed by atoms with Gasteiger partial charge in [-0.15, -0.1) is 0 Å². The predicted octanol–water partition coefficient (Wildman–Crippen LogP) is 1.32. The summed E-state index contributed by atoms with van der Waals surface area (Å²) in [6, 6.07) is 10.4. The normalized spacial score (nSPS) is 14.2. The van der Waals surface area contributed by atoms with E-state index in [4.69, 9.17) is 20.9 Å². The van der Waals surface area contributed by atoms with E-state index in [1.54, 1.807) is 24.3 Å². The van der Waals surface area contributed by atoms with Crippen LogP contribution in [0.4, 0.5) is 0 Å². The highest BCUT2D eigenvalue weighted by Crippen LogP contribution is 2.13. The minimum Gasteiger partial charge on any atom is -0.508 e. The largest absolute Gasteiger partial charge is 0.508 e. The number of hydrogen-bond acceptors (Lipinski definition) is 10. The summed E-state index contributed by atoms with van der Waals surface area (Å²) in [6.07, 6.45) is -2.29. The number of nitrogens with two attached hydrogens (primary N) is 2. The first-order valence-electron chi connectivity index (χ1n) is 11.5. The van der Waals surface area contributed by atoms with E-state index in [9.17, 15) is 29.4 Å². The Morgan fingerprint density at radius 3 is 1.28 bits per heavy atom. The third-order valence-electron chi connectivity index (χ3n) is 5.50. The monoisotopic (exact) mass is 500 g/mol. The first kappa shape index (κ1) is 28.5. The second kappa shape index (κ2) is 13.4. The van der Waals surface area contributed by atoms with E-state index in [-0.39, 0.29) is 37.2 Å². The van der Waals surface area contributed by atoms with Crippen LogP contribution in [0.2, 0.25) is 0 Å². The van der Waals surface area contributed by atoms with Gasteiger partial charge >= 0.3 is 11.9 Å². The van der Waals surface area contributed by atoms with E-state index in [1.807, 2.05) is 0 Å². The number of hydrogen-bond donors (Lipinski definition) is 4. The Morgan fingerprint density at radius 2 is 0.972 bits per heavy atom. The molecule has 0 heterocycles. The second-order valence-corrected chi connectivity index (χ2v) is 8.54. The number of phenolic OH excluding ortho intramolecular Hbond substituents is 2. The number of ether oxygens (including phenoxy) is 2. The number of rotatable bonds is 13. The summed E-state index contributed by atoms with van der Waals surface area (Å²) in [7, 11) is 0. The summed E-state index contributed by atoms with van der Waals surface area (Å²) >= 11 is 0. The van der Waals surface area contributed by atoms with Crippen LogP contribution < -0.4 is 11.5 Å². The van der Waals surface area contributed by atoms with Crippen LogP contribution in [0.15, 0.2) is 48.5 Å². The van der Waals surface area contributed by atoms with Crippen LogP contribution in [0, 0.1) is 0 Å². The summed E-state index contributed by atoms with van der Waals surface area (Å²) in [4.78, 5) is 49.1. The molecule has 0 radical (unpaired) electrons. The lowest BCUT2D eigenvalue weighted by Crippen LogP contribution is -2.39. The van der Waals surface area contributed by atoms with Gasteiger partial charge in [0.15, 0.2) is 23.8 Å². The molecule has 10 heteroatoms. The van der Waals surface area contributed by atoms with Gasteiger partial charge in [0.2, 0.25) is 0 Å². The molecule has 0 aliphatic carbocycles. The topological polar surface area (TPSA) is 179 Å². The Morgan fingerprint density at radius 1 is 0.667 bits per heavy atom. The Kier molecular flexibility index (Phi) is 10.6. The highest BCUT2D eigenvalue weighted by atomic mass is 16.6. The van der Waals surface area contributed by atoms with Crippen molar-refractivity contribution in [2.75, 3.05) is 0 Å². The van der Waals surface area contributed by atoms with E-state index in [0.717, 1.165) is 0 Å². The van der Waals surface area contributed by atoms with Crippen molar-refractivity contribution in [3.05, 3.63) is 59.7 Å². The van der Waals surface area contributed by atoms with Gasteiger partial charge in [0.05, 0.1) is 0 Å². The van der Waals surface area contributed by atoms with Gasteiger partial charge in [0, 0.05) is 12.8 Å². The van der Waals surface area contributed by atoms with Gasteiger partial charge in [-0.25, -0.2) is 0 Å². The highest BCUT2D eigenvalue weighted by Gasteiger charge is 2.26. The Balaban J connectivity index is 1.74. The Hall–Kier alpha value is -3.76. The number of phenols is 2. The number of carbonyl (C=O) groups excluding carboxylic acids is 4. The first-order valence-corrected chi connectivity index (χ1v) is 11.5. The quantitative estimate of drug-likeness (QED) is 0.293. The van der Waals surface area contributed by atoms with Crippen LogP contribution in [0.25, 0.3) is 0 Å². The Labute approximate surface area is 209 Å². The lowest BCUT2D eigenvalue weighted by atomic mass is 10.0. The van der Waals surface area contributed by atoms with E-state index in [0.29, 0.717) is 11.1 Å². The average molecular weight is 501 g/mol. The number of aromatic hydroxyl groups is 2. The molecule has 0 saturated heterocycles. The molecule has 6 N–H and O–H groups in total. The molecule has 0 amide bonds. The lowest BCUT2D eigenvalue weighted by Gasteiger charge is -2.17. The van der Waals surface area contributed by atoms with Crippen molar-refractivity contribution in [2.24, 2.45) is 11.5 Å². The molecule has 4 atom stereocenters. The fourth-order valence-corrected chi connectivity index (χ4v) is 3.25. The fourth-order valence-electron chi connectivity index (χ4n) is 3.25. The van der Waals surface area contributed by atoms with Crippen molar-refractivity contribution in [2.45, 2.75) is 63.8 Å². The van der Waals surface area contributed by atoms with Crippen molar-refractivity contribution in [1.82, 2.24) is 0 Å². The van der Waals surface area contributed by atoms with E-state index in [1.165, 1.54) is 38.1 Å². The number of benzene rings is 2. The van der Waals surface area contributed by atoms with E-state index < -0.39 is 47.8 Å². The highest BCUT2D eigenvalue weighted by molar-refractivity contribution is 5.92. The van der Waals surface area contributed by atoms with E-state index in [2.05, 4.69) is 0 Å². The number of ketones is 2. The van der Waals surface area contributed by atoms with Crippen LogP contribution in [-0.4, -0.2) is 58.0 Å². The molecule has 0 aliphatic rings. The zero-order valence-electron chi connectivity index (χ0n) is 20.3. The molecule has 2 aromatic carbocycles.